The zero-order chi connectivity index (χ0) is 15.5. The van der Waals surface area contributed by atoms with Gasteiger partial charge in [0.2, 0.25) is 0 Å². The number of hydrogen-bond acceptors (Lipinski definition) is 2. The highest BCUT2D eigenvalue weighted by Gasteiger charge is 2.12. The van der Waals surface area contributed by atoms with Crippen LogP contribution in [0.25, 0.3) is 0 Å². The zero-order valence-corrected chi connectivity index (χ0v) is 15.2. The standard InChI is InChI=1S/C18H31BrN2/c1-3-4-5-6-7-8-9-10-11-18(21-20)16-14-15(2)12-13-17(16)19/h12-14,18,21H,3-11,20H2,1-2H3. The summed E-state index contributed by atoms with van der Waals surface area (Å²) < 4.78 is 1.15. The van der Waals surface area contributed by atoms with E-state index in [4.69, 9.17) is 5.84 Å². The Bertz CT molecular complexity index is 393. The SMILES string of the molecule is CCCCCCCCCCC(NN)c1cc(C)ccc1Br. The van der Waals surface area contributed by atoms with Crippen LogP contribution < -0.4 is 11.3 Å². The van der Waals surface area contributed by atoms with E-state index in [-0.39, 0.29) is 6.04 Å². The molecule has 0 saturated carbocycles. The van der Waals surface area contributed by atoms with Crippen molar-refractivity contribution in [3.63, 3.8) is 0 Å². The van der Waals surface area contributed by atoms with Gasteiger partial charge < -0.3 is 0 Å². The van der Waals surface area contributed by atoms with Crippen LogP contribution in [0.15, 0.2) is 22.7 Å². The lowest BCUT2D eigenvalue weighted by Gasteiger charge is -2.18. The number of benzene rings is 1. The van der Waals surface area contributed by atoms with Crippen LogP contribution in [0.5, 0.6) is 0 Å². The topological polar surface area (TPSA) is 38.0 Å². The van der Waals surface area contributed by atoms with Gasteiger partial charge in [0.15, 0.2) is 0 Å². The van der Waals surface area contributed by atoms with Crippen molar-refractivity contribution in [2.45, 2.75) is 77.7 Å². The summed E-state index contributed by atoms with van der Waals surface area (Å²) in [6, 6.07) is 6.71. The van der Waals surface area contributed by atoms with E-state index in [9.17, 15) is 0 Å². The molecular formula is C18H31BrN2. The molecule has 0 aliphatic heterocycles. The van der Waals surface area contributed by atoms with Gasteiger partial charge in [0.05, 0.1) is 0 Å². The second kappa shape index (κ2) is 11.2. The van der Waals surface area contributed by atoms with Crippen LogP contribution in [0, 0.1) is 6.92 Å². The van der Waals surface area contributed by atoms with Crippen LogP contribution in [0.4, 0.5) is 0 Å². The van der Waals surface area contributed by atoms with E-state index in [0.717, 1.165) is 10.9 Å². The van der Waals surface area contributed by atoms with Crippen molar-refractivity contribution in [1.29, 1.82) is 0 Å². The predicted octanol–water partition coefficient (Wildman–Crippen LogP) is 5.79. The Balaban J connectivity index is 2.27. The molecule has 0 amide bonds. The van der Waals surface area contributed by atoms with Gasteiger partial charge in [-0.2, -0.15) is 0 Å². The van der Waals surface area contributed by atoms with Gasteiger partial charge in [-0.05, 0) is 25.0 Å². The molecule has 0 aliphatic carbocycles. The van der Waals surface area contributed by atoms with Crippen molar-refractivity contribution in [3.8, 4) is 0 Å². The van der Waals surface area contributed by atoms with Gasteiger partial charge in [0, 0.05) is 10.5 Å². The van der Waals surface area contributed by atoms with E-state index < -0.39 is 0 Å². The molecule has 2 nitrogen and oxygen atoms in total. The molecule has 3 heteroatoms. The number of nitrogens with two attached hydrogens (primary N) is 1. The van der Waals surface area contributed by atoms with E-state index >= 15 is 0 Å². The summed E-state index contributed by atoms with van der Waals surface area (Å²) in [5.74, 6) is 5.75. The molecule has 0 saturated heterocycles. The van der Waals surface area contributed by atoms with Gasteiger partial charge in [0.25, 0.3) is 0 Å². The van der Waals surface area contributed by atoms with Gasteiger partial charge in [-0.15, -0.1) is 0 Å². The summed E-state index contributed by atoms with van der Waals surface area (Å²) in [4.78, 5) is 0. The molecular weight excluding hydrogens is 324 g/mol. The van der Waals surface area contributed by atoms with Crippen molar-refractivity contribution in [2.75, 3.05) is 0 Å². The van der Waals surface area contributed by atoms with Crippen molar-refractivity contribution in [2.24, 2.45) is 5.84 Å². The van der Waals surface area contributed by atoms with E-state index in [1.807, 2.05) is 0 Å². The number of hydrogen-bond donors (Lipinski definition) is 2. The maximum Gasteiger partial charge on any atom is 0.0471 e. The Labute approximate surface area is 139 Å². The van der Waals surface area contributed by atoms with Crippen molar-refractivity contribution < 1.29 is 0 Å². The summed E-state index contributed by atoms with van der Waals surface area (Å²) in [5.41, 5.74) is 5.54. The fourth-order valence-electron chi connectivity index (χ4n) is 2.74. The summed E-state index contributed by atoms with van der Waals surface area (Å²) in [7, 11) is 0. The number of unbranched alkanes of at least 4 members (excludes halogenated alkanes) is 7. The molecule has 0 bridgehead atoms. The Morgan fingerprint density at radius 1 is 1.05 bits per heavy atom. The first-order chi connectivity index (χ1) is 10.2. The fraction of sp³-hybridized carbons (Fsp3) is 0.667. The van der Waals surface area contributed by atoms with E-state index in [1.165, 1.54) is 62.5 Å². The third-order valence-electron chi connectivity index (χ3n) is 4.07. The molecule has 1 aromatic rings. The largest absolute Gasteiger partial charge is 0.271 e. The molecule has 3 N–H and O–H groups in total. The second-order valence-corrected chi connectivity index (χ2v) is 6.86. The van der Waals surface area contributed by atoms with Crippen LogP contribution in [-0.2, 0) is 0 Å². The first-order valence-electron chi connectivity index (χ1n) is 8.41. The monoisotopic (exact) mass is 354 g/mol. The van der Waals surface area contributed by atoms with E-state index in [0.29, 0.717) is 0 Å². The molecule has 21 heavy (non-hydrogen) atoms. The Kier molecular flexibility index (Phi) is 9.98. The summed E-state index contributed by atoms with van der Waals surface area (Å²) in [6.45, 7) is 4.39. The number of rotatable bonds is 11. The van der Waals surface area contributed by atoms with Crippen LogP contribution >= 0.6 is 15.9 Å². The minimum Gasteiger partial charge on any atom is -0.271 e. The average molecular weight is 355 g/mol. The fourth-order valence-corrected chi connectivity index (χ4v) is 3.26. The highest BCUT2D eigenvalue weighted by Crippen LogP contribution is 2.27. The third kappa shape index (κ3) is 7.44. The van der Waals surface area contributed by atoms with Gasteiger partial charge in [-0.25, -0.2) is 0 Å². The predicted molar refractivity (Wildman–Crippen MR) is 96.2 cm³/mol. The summed E-state index contributed by atoms with van der Waals surface area (Å²) >= 11 is 3.63. The number of hydrazine groups is 1. The van der Waals surface area contributed by atoms with Crippen molar-refractivity contribution in [3.05, 3.63) is 33.8 Å². The zero-order valence-electron chi connectivity index (χ0n) is 13.6. The molecule has 1 atom stereocenters. The first-order valence-corrected chi connectivity index (χ1v) is 9.20. The average Bonchev–Trinajstić information content (AvgIpc) is 2.49. The lowest BCUT2D eigenvalue weighted by Crippen LogP contribution is -2.28. The van der Waals surface area contributed by atoms with Gasteiger partial charge in [-0.1, -0.05) is 91.9 Å². The van der Waals surface area contributed by atoms with Crippen LogP contribution in [0.1, 0.15) is 81.9 Å². The lowest BCUT2D eigenvalue weighted by molar-refractivity contribution is 0.473. The number of aryl methyl sites for hydroxylation is 1. The van der Waals surface area contributed by atoms with E-state index in [1.54, 1.807) is 0 Å². The molecule has 0 aromatic heterocycles. The van der Waals surface area contributed by atoms with Crippen LogP contribution in [0.2, 0.25) is 0 Å². The molecule has 0 spiro atoms. The maximum atomic E-state index is 5.75. The molecule has 120 valence electrons. The Hall–Kier alpha value is -0.380. The van der Waals surface area contributed by atoms with Gasteiger partial charge >= 0.3 is 0 Å². The van der Waals surface area contributed by atoms with Crippen LogP contribution in [-0.4, -0.2) is 0 Å². The highest BCUT2D eigenvalue weighted by molar-refractivity contribution is 9.10. The van der Waals surface area contributed by atoms with Crippen molar-refractivity contribution >= 4 is 15.9 Å². The lowest BCUT2D eigenvalue weighted by atomic mass is 9.98. The molecule has 1 rings (SSSR count). The van der Waals surface area contributed by atoms with Crippen molar-refractivity contribution in [1.82, 2.24) is 5.43 Å². The molecule has 0 radical (unpaired) electrons. The van der Waals surface area contributed by atoms with Gasteiger partial charge in [-0.3, -0.25) is 11.3 Å². The number of halogens is 1. The minimum absolute atomic E-state index is 0.249. The Morgan fingerprint density at radius 3 is 2.29 bits per heavy atom. The van der Waals surface area contributed by atoms with Gasteiger partial charge in [0.1, 0.15) is 0 Å². The quantitative estimate of drug-likeness (QED) is 0.299. The summed E-state index contributed by atoms with van der Waals surface area (Å²) in [6.07, 6.45) is 11.9. The normalized spacial score (nSPS) is 12.6. The number of nitrogens with one attached hydrogen (secondary N) is 1. The molecule has 1 aromatic carbocycles. The Morgan fingerprint density at radius 2 is 1.67 bits per heavy atom. The molecule has 0 heterocycles. The smallest absolute Gasteiger partial charge is 0.0471 e. The maximum absolute atomic E-state index is 5.75. The highest BCUT2D eigenvalue weighted by atomic mass is 79.9. The van der Waals surface area contributed by atoms with E-state index in [2.05, 4.69) is 53.4 Å². The minimum atomic E-state index is 0.249. The van der Waals surface area contributed by atoms with Crippen LogP contribution in [0.3, 0.4) is 0 Å². The second-order valence-electron chi connectivity index (χ2n) is 6.01. The molecule has 1 unspecified atom stereocenters. The first kappa shape index (κ1) is 18.7. The molecule has 0 fully saturated rings. The third-order valence-corrected chi connectivity index (χ3v) is 4.80. The summed E-state index contributed by atoms with van der Waals surface area (Å²) in [5, 5.41) is 0. The molecule has 0 aliphatic rings.